The Kier molecular flexibility index (Phi) is 6.18. The Morgan fingerprint density at radius 1 is 1.26 bits per heavy atom. The number of anilines is 1. The number of nitrogens with one attached hydrogen (secondary N) is 2. The van der Waals surface area contributed by atoms with Crippen LogP contribution in [0.3, 0.4) is 0 Å². The lowest BCUT2D eigenvalue weighted by Gasteiger charge is -2.29. The smallest absolute Gasteiger partial charge is 0.269 e. The van der Waals surface area contributed by atoms with E-state index in [2.05, 4.69) is 20.5 Å². The quantitative estimate of drug-likeness (QED) is 0.787. The van der Waals surface area contributed by atoms with Crippen LogP contribution in [0.2, 0.25) is 0 Å². The van der Waals surface area contributed by atoms with Gasteiger partial charge in [-0.25, -0.2) is 10.1 Å². The topological polar surface area (TPSA) is 100 Å². The van der Waals surface area contributed by atoms with Gasteiger partial charge in [-0.3, -0.25) is 9.59 Å². The zero-order chi connectivity index (χ0) is 19.2. The van der Waals surface area contributed by atoms with Crippen LogP contribution in [0, 0.1) is 0 Å². The normalized spacial score (nSPS) is 14.2. The molecule has 0 saturated carbocycles. The van der Waals surface area contributed by atoms with Gasteiger partial charge in [0.2, 0.25) is 0 Å². The van der Waals surface area contributed by atoms with Gasteiger partial charge in [-0.1, -0.05) is 13.8 Å². The minimum absolute atomic E-state index is 0.157. The summed E-state index contributed by atoms with van der Waals surface area (Å²) in [6.07, 6.45) is 3.10. The molecule has 1 fully saturated rings. The van der Waals surface area contributed by atoms with Gasteiger partial charge in [0.25, 0.3) is 11.5 Å². The number of rotatable bonds is 6. The first-order valence-corrected chi connectivity index (χ1v) is 9.30. The predicted octanol–water partition coefficient (Wildman–Crippen LogP) is 1.06. The van der Waals surface area contributed by atoms with E-state index in [-0.39, 0.29) is 18.0 Å². The predicted molar refractivity (Wildman–Crippen MR) is 102 cm³/mol. The van der Waals surface area contributed by atoms with Gasteiger partial charge in [0, 0.05) is 31.4 Å². The number of amides is 1. The molecule has 3 heterocycles. The number of pyridine rings is 1. The molecule has 2 N–H and O–H groups in total. The highest BCUT2D eigenvalue weighted by molar-refractivity contribution is 5.98. The maximum atomic E-state index is 12.8. The third-order valence-electron chi connectivity index (χ3n) is 4.74. The van der Waals surface area contributed by atoms with E-state index >= 15 is 0 Å². The molecular weight excluding hydrogens is 346 g/mol. The number of carbonyl (C=O) groups excluding carboxylic acids is 1. The van der Waals surface area contributed by atoms with E-state index in [1.54, 1.807) is 18.3 Å². The number of ether oxygens (including phenoxy) is 1. The minimum atomic E-state index is -0.260. The number of hydrogen-bond acceptors (Lipinski definition) is 6. The first kappa shape index (κ1) is 19.0. The summed E-state index contributed by atoms with van der Waals surface area (Å²) in [6.45, 7) is 6.75. The summed E-state index contributed by atoms with van der Waals surface area (Å²) in [5.41, 5.74) is 2.56. The van der Waals surface area contributed by atoms with Gasteiger partial charge in [0.15, 0.2) is 0 Å². The molecule has 1 aliphatic rings. The summed E-state index contributed by atoms with van der Waals surface area (Å²) < 4.78 is 5.37. The van der Waals surface area contributed by atoms with Crippen LogP contribution >= 0.6 is 0 Å². The van der Waals surface area contributed by atoms with Crippen molar-refractivity contribution < 1.29 is 9.53 Å². The van der Waals surface area contributed by atoms with Crippen LogP contribution < -0.4 is 15.8 Å². The molecule has 0 unspecified atom stereocenters. The summed E-state index contributed by atoms with van der Waals surface area (Å²) in [7, 11) is 0. The fourth-order valence-electron chi connectivity index (χ4n) is 3.33. The van der Waals surface area contributed by atoms with Crippen LogP contribution in [0.4, 0.5) is 5.82 Å². The molecule has 0 aliphatic carbocycles. The molecule has 2 aromatic heterocycles. The van der Waals surface area contributed by atoms with Gasteiger partial charge in [-0.15, -0.1) is 0 Å². The average molecular weight is 371 g/mol. The highest BCUT2D eigenvalue weighted by Gasteiger charge is 2.20. The molecule has 1 saturated heterocycles. The van der Waals surface area contributed by atoms with E-state index in [4.69, 9.17) is 4.74 Å². The Balaban J connectivity index is 1.81. The Morgan fingerprint density at radius 2 is 2.04 bits per heavy atom. The first-order chi connectivity index (χ1) is 13.2. The lowest BCUT2D eigenvalue weighted by molar-refractivity contribution is 0.0948. The second-order valence-corrected chi connectivity index (χ2v) is 6.32. The number of aromatic nitrogens is 3. The molecule has 0 aromatic carbocycles. The Labute approximate surface area is 158 Å². The molecule has 0 radical (unpaired) electrons. The Hall–Kier alpha value is -2.74. The van der Waals surface area contributed by atoms with Crippen molar-refractivity contribution in [3.8, 4) is 0 Å². The number of morpholine rings is 1. The van der Waals surface area contributed by atoms with Crippen LogP contribution in [-0.2, 0) is 24.1 Å². The first-order valence-electron chi connectivity index (χ1n) is 9.30. The molecular formula is C19H25N5O3. The number of hydrogen-bond donors (Lipinski definition) is 2. The van der Waals surface area contributed by atoms with E-state index in [1.807, 2.05) is 18.7 Å². The zero-order valence-electron chi connectivity index (χ0n) is 15.7. The molecule has 0 bridgehead atoms. The third-order valence-corrected chi connectivity index (χ3v) is 4.74. The van der Waals surface area contributed by atoms with E-state index in [1.165, 1.54) is 0 Å². The number of aromatic amines is 1. The number of carbonyl (C=O) groups is 1. The van der Waals surface area contributed by atoms with E-state index < -0.39 is 0 Å². The summed E-state index contributed by atoms with van der Waals surface area (Å²) in [5, 5.41) is 9.52. The second kappa shape index (κ2) is 8.77. The standard InChI is InChI=1S/C19H25N5O3/c1-3-13-15(19(26)23-22-16(13)4-2)12-21-18(25)14-6-5-7-20-17(14)24-8-10-27-11-9-24/h5-7H,3-4,8-12H2,1-2H3,(H,21,25)(H,23,26). The minimum Gasteiger partial charge on any atom is -0.378 e. The van der Waals surface area contributed by atoms with E-state index in [0.717, 1.165) is 17.7 Å². The molecule has 0 spiro atoms. The lowest BCUT2D eigenvalue weighted by Crippen LogP contribution is -2.38. The fourth-order valence-corrected chi connectivity index (χ4v) is 3.33. The third kappa shape index (κ3) is 4.16. The number of nitrogens with zero attached hydrogens (tertiary/aromatic N) is 3. The largest absolute Gasteiger partial charge is 0.378 e. The summed E-state index contributed by atoms with van der Waals surface area (Å²) in [5.74, 6) is 0.396. The van der Waals surface area contributed by atoms with Crippen LogP contribution in [0.15, 0.2) is 23.1 Å². The highest BCUT2D eigenvalue weighted by Crippen LogP contribution is 2.18. The van der Waals surface area contributed by atoms with Crippen molar-refractivity contribution in [2.24, 2.45) is 0 Å². The van der Waals surface area contributed by atoms with Crippen molar-refractivity contribution in [2.75, 3.05) is 31.2 Å². The molecule has 1 aliphatic heterocycles. The van der Waals surface area contributed by atoms with Gasteiger partial charge >= 0.3 is 0 Å². The van der Waals surface area contributed by atoms with Gasteiger partial charge in [0.05, 0.1) is 24.5 Å². The van der Waals surface area contributed by atoms with Crippen molar-refractivity contribution in [3.63, 3.8) is 0 Å². The zero-order valence-corrected chi connectivity index (χ0v) is 15.7. The van der Waals surface area contributed by atoms with Crippen LogP contribution in [0.5, 0.6) is 0 Å². The van der Waals surface area contributed by atoms with E-state index in [0.29, 0.717) is 49.7 Å². The van der Waals surface area contributed by atoms with Gasteiger partial charge in [-0.05, 0) is 30.5 Å². The van der Waals surface area contributed by atoms with Crippen molar-refractivity contribution in [1.29, 1.82) is 0 Å². The van der Waals surface area contributed by atoms with Crippen molar-refractivity contribution in [3.05, 3.63) is 51.1 Å². The molecule has 0 atom stereocenters. The Bertz CT molecular complexity index is 859. The van der Waals surface area contributed by atoms with Gasteiger partial charge in [-0.2, -0.15) is 5.10 Å². The molecule has 3 rings (SSSR count). The van der Waals surface area contributed by atoms with E-state index in [9.17, 15) is 9.59 Å². The molecule has 27 heavy (non-hydrogen) atoms. The van der Waals surface area contributed by atoms with Crippen LogP contribution in [0.1, 0.15) is 41.0 Å². The van der Waals surface area contributed by atoms with Crippen LogP contribution in [0.25, 0.3) is 0 Å². The molecule has 8 heteroatoms. The lowest BCUT2D eigenvalue weighted by atomic mass is 10.0. The van der Waals surface area contributed by atoms with Crippen LogP contribution in [-0.4, -0.2) is 47.4 Å². The van der Waals surface area contributed by atoms with Gasteiger partial charge < -0.3 is 15.0 Å². The number of aryl methyl sites for hydroxylation is 1. The maximum Gasteiger partial charge on any atom is 0.269 e. The molecule has 2 aromatic rings. The van der Waals surface area contributed by atoms with Crippen molar-refractivity contribution in [2.45, 2.75) is 33.2 Å². The summed E-state index contributed by atoms with van der Waals surface area (Å²) >= 11 is 0. The molecule has 144 valence electrons. The highest BCUT2D eigenvalue weighted by atomic mass is 16.5. The Morgan fingerprint density at radius 3 is 2.74 bits per heavy atom. The average Bonchev–Trinajstić information content (AvgIpc) is 2.73. The van der Waals surface area contributed by atoms with Crippen molar-refractivity contribution in [1.82, 2.24) is 20.5 Å². The second-order valence-electron chi connectivity index (χ2n) is 6.32. The summed E-state index contributed by atoms with van der Waals surface area (Å²) in [4.78, 5) is 31.5. The molecule has 8 nitrogen and oxygen atoms in total. The molecule has 1 amide bonds. The summed E-state index contributed by atoms with van der Waals surface area (Å²) in [6, 6.07) is 3.49. The fraction of sp³-hybridized carbons (Fsp3) is 0.474. The maximum absolute atomic E-state index is 12.8. The monoisotopic (exact) mass is 371 g/mol. The van der Waals surface area contributed by atoms with Gasteiger partial charge in [0.1, 0.15) is 5.82 Å². The van der Waals surface area contributed by atoms with Crippen molar-refractivity contribution >= 4 is 11.7 Å². The number of H-pyrrole nitrogens is 1. The SMILES string of the molecule is CCc1n[nH]c(=O)c(CNC(=O)c2cccnc2N2CCOCC2)c1CC.